The zero-order valence-corrected chi connectivity index (χ0v) is 21.3. The number of rotatable bonds is 9. The highest BCUT2D eigenvalue weighted by molar-refractivity contribution is 7.89. The maximum Gasteiger partial charge on any atom is 0.266 e. The van der Waals surface area contributed by atoms with Crippen LogP contribution in [0.1, 0.15) is 38.7 Å². The van der Waals surface area contributed by atoms with Crippen molar-refractivity contribution in [2.75, 3.05) is 43.5 Å². The first kappa shape index (κ1) is 26.3. The molecule has 1 saturated heterocycles. The van der Waals surface area contributed by atoms with E-state index in [9.17, 15) is 18.5 Å². The fourth-order valence-electron chi connectivity index (χ4n) is 4.10. The van der Waals surface area contributed by atoms with Gasteiger partial charge in [0.2, 0.25) is 10.0 Å². The van der Waals surface area contributed by atoms with Crippen LogP contribution >= 0.6 is 0 Å². The molecule has 0 bridgehead atoms. The molecule has 0 atom stereocenters. The van der Waals surface area contributed by atoms with Crippen molar-refractivity contribution in [3.63, 3.8) is 0 Å². The normalized spacial score (nSPS) is 14.5. The average Bonchev–Trinajstić information content (AvgIpc) is 2.88. The summed E-state index contributed by atoms with van der Waals surface area (Å²) in [5.74, 6) is 0.0708. The van der Waals surface area contributed by atoms with Crippen LogP contribution in [0.3, 0.4) is 0 Å². The lowest BCUT2D eigenvalue weighted by atomic mass is 10.1. The second-order valence-electron chi connectivity index (χ2n) is 8.21. The zero-order chi connectivity index (χ0) is 25.4. The van der Waals surface area contributed by atoms with Crippen LogP contribution in [0.25, 0.3) is 6.08 Å². The molecule has 3 rings (SSSR count). The Labute approximate surface area is 207 Å². The number of anilines is 2. The van der Waals surface area contributed by atoms with E-state index in [0.717, 1.165) is 38.0 Å². The number of hydrogen-bond donors (Lipinski definition) is 1. The van der Waals surface area contributed by atoms with Crippen LogP contribution in [-0.4, -0.2) is 51.9 Å². The third-order valence-corrected chi connectivity index (χ3v) is 8.09. The fraction of sp³-hybridized carbons (Fsp3) is 0.385. The molecule has 2 aromatic rings. The number of sulfonamides is 1. The maximum absolute atomic E-state index is 13.1. The highest BCUT2D eigenvalue weighted by Crippen LogP contribution is 2.32. The van der Waals surface area contributed by atoms with E-state index in [-0.39, 0.29) is 10.5 Å². The zero-order valence-electron chi connectivity index (χ0n) is 20.5. The van der Waals surface area contributed by atoms with Crippen molar-refractivity contribution >= 4 is 33.4 Å². The molecule has 0 unspecified atom stereocenters. The monoisotopic (exact) mass is 496 g/mol. The predicted octanol–water partition coefficient (Wildman–Crippen LogP) is 4.26. The molecule has 1 heterocycles. The minimum atomic E-state index is -3.72. The quantitative estimate of drug-likeness (QED) is 0.411. The molecule has 1 amide bonds. The number of hydrogen-bond acceptors (Lipinski definition) is 6. The lowest BCUT2D eigenvalue weighted by molar-refractivity contribution is -0.112. The third-order valence-electron chi connectivity index (χ3n) is 6.05. The van der Waals surface area contributed by atoms with Gasteiger partial charge in [-0.3, -0.25) is 4.79 Å². The molecule has 0 radical (unpaired) electrons. The van der Waals surface area contributed by atoms with Crippen molar-refractivity contribution in [3.8, 4) is 11.8 Å². The Morgan fingerprint density at radius 3 is 2.34 bits per heavy atom. The maximum atomic E-state index is 13.1. The summed E-state index contributed by atoms with van der Waals surface area (Å²) >= 11 is 0. The second kappa shape index (κ2) is 11.9. The lowest BCUT2D eigenvalue weighted by Crippen LogP contribution is -2.32. The number of nitrogens with zero attached hydrogens (tertiary/aromatic N) is 3. The second-order valence-corrected chi connectivity index (χ2v) is 10.2. The topological polar surface area (TPSA) is 103 Å². The molecule has 1 N–H and O–H groups in total. The summed E-state index contributed by atoms with van der Waals surface area (Å²) in [6, 6.07) is 13.8. The predicted molar refractivity (Wildman–Crippen MR) is 138 cm³/mol. The molecule has 9 heteroatoms. The van der Waals surface area contributed by atoms with Gasteiger partial charge in [-0.2, -0.15) is 9.57 Å². The van der Waals surface area contributed by atoms with Gasteiger partial charge >= 0.3 is 0 Å². The molecule has 186 valence electrons. The van der Waals surface area contributed by atoms with Crippen molar-refractivity contribution in [2.24, 2.45) is 0 Å². The largest absolute Gasteiger partial charge is 0.497 e. The molecule has 1 aliphatic heterocycles. The van der Waals surface area contributed by atoms with E-state index in [1.54, 1.807) is 57.4 Å². The van der Waals surface area contributed by atoms with E-state index in [4.69, 9.17) is 4.74 Å². The number of carbonyl (C=O) groups is 1. The third kappa shape index (κ3) is 6.21. The number of amides is 1. The minimum Gasteiger partial charge on any atom is -0.497 e. The highest BCUT2D eigenvalue weighted by atomic mass is 32.2. The standard InChI is InChI=1S/C26H32N4O4S/c1-4-30(5-2)35(32,33)23-13-14-25(29-15-7-6-8-16-29)24(18-23)28-26(31)21(19-27)17-20-9-11-22(34-3)12-10-20/h9-14,17-18H,4-8,15-16H2,1-3H3,(H,28,31). The summed E-state index contributed by atoms with van der Waals surface area (Å²) in [4.78, 5) is 15.4. The summed E-state index contributed by atoms with van der Waals surface area (Å²) in [6.07, 6.45) is 4.67. The van der Waals surface area contributed by atoms with Crippen LogP contribution in [0.2, 0.25) is 0 Å². The van der Waals surface area contributed by atoms with E-state index in [1.165, 1.54) is 16.4 Å². The first-order chi connectivity index (χ1) is 16.8. The number of ether oxygens (including phenoxy) is 1. The van der Waals surface area contributed by atoms with Crippen molar-refractivity contribution in [2.45, 2.75) is 38.0 Å². The molecule has 0 aliphatic carbocycles. The van der Waals surface area contributed by atoms with E-state index in [2.05, 4.69) is 10.2 Å². The number of nitriles is 1. The molecule has 8 nitrogen and oxygen atoms in total. The van der Waals surface area contributed by atoms with Gasteiger partial charge < -0.3 is 15.0 Å². The molecular formula is C26H32N4O4S. The number of nitrogens with one attached hydrogen (secondary N) is 1. The molecular weight excluding hydrogens is 464 g/mol. The van der Waals surface area contributed by atoms with Crippen molar-refractivity contribution in [1.82, 2.24) is 4.31 Å². The molecule has 0 saturated carbocycles. The van der Waals surface area contributed by atoms with Gasteiger partial charge in [0.05, 0.1) is 23.4 Å². The first-order valence-electron chi connectivity index (χ1n) is 11.8. The number of carbonyl (C=O) groups excluding carboxylic acids is 1. The molecule has 2 aromatic carbocycles. The average molecular weight is 497 g/mol. The summed E-state index contributed by atoms with van der Waals surface area (Å²) in [5, 5.41) is 12.5. The van der Waals surface area contributed by atoms with Crippen LogP contribution in [0.4, 0.5) is 11.4 Å². The van der Waals surface area contributed by atoms with Crippen LogP contribution in [0, 0.1) is 11.3 Å². The Bertz CT molecular complexity index is 1210. The number of methoxy groups -OCH3 is 1. The lowest BCUT2D eigenvalue weighted by Gasteiger charge is -2.31. The van der Waals surface area contributed by atoms with Gasteiger partial charge in [-0.05, 0) is 61.2 Å². The van der Waals surface area contributed by atoms with Gasteiger partial charge in [0.25, 0.3) is 5.91 Å². The molecule has 35 heavy (non-hydrogen) atoms. The van der Waals surface area contributed by atoms with Gasteiger partial charge in [-0.25, -0.2) is 8.42 Å². The van der Waals surface area contributed by atoms with E-state index < -0.39 is 15.9 Å². The number of piperidine rings is 1. The SMILES string of the molecule is CCN(CC)S(=O)(=O)c1ccc(N2CCCCC2)c(NC(=O)C(C#N)=Cc2ccc(OC)cc2)c1. The van der Waals surface area contributed by atoms with Gasteiger partial charge in [-0.15, -0.1) is 0 Å². The Hall–Kier alpha value is -3.35. The van der Waals surface area contributed by atoms with Gasteiger partial charge in [0.15, 0.2) is 0 Å². The Morgan fingerprint density at radius 1 is 1.11 bits per heavy atom. The summed E-state index contributed by atoms with van der Waals surface area (Å²) in [6.45, 7) is 5.90. The molecule has 1 fully saturated rings. The Kier molecular flexibility index (Phi) is 8.90. The first-order valence-corrected chi connectivity index (χ1v) is 13.2. The van der Waals surface area contributed by atoms with Crippen LogP contribution in [0.5, 0.6) is 5.75 Å². The van der Waals surface area contributed by atoms with E-state index in [1.807, 2.05) is 6.07 Å². The summed E-state index contributed by atoms with van der Waals surface area (Å²) in [7, 11) is -2.15. The number of benzene rings is 2. The highest BCUT2D eigenvalue weighted by Gasteiger charge is 2.25. The summed E-state index contributed by atoms with van der Waals surface area (Å²) < 4.78 is 32.8. The van der Waals surface area contributed by atoms with Crippen molar-refractivity contribution in [3.05, 3.63) is 53.6 Å². The minimum absolute atomic E-state index is 0.0863. The van der Waals surface area contributed by atoms with Crippen molar-refractivity contribution < 1.29 is 17.9 Å². The Morgan fingerprint density at radius 2 is 1.77 bits per heavy atom. The van der Waals surface area contributed by atoms with Crippen LogP contribution < -0.4 is 15.0 Å². The molecule has 1 aliphatic rings. The van der Waals surface area contributed by atoms with Gasteiger partial charge in [-0.1, -0.05) is 26.0 Å². The Balaban J connectivity index is 1.98. The van der Waals surface area contributed by atoms with Crippen molar-refractivity contribution in [1.29, 1.82) is 5.26 Å². The molecule has 0 spiro atoms. The van der Waals surface area contributed by atoms with Gasteiger partial charge in [0, 0.05) is 26.2 Å². The van der Waals surface area contributed by atoms with Crippen LogP contribution in [0.15, 0.2) is 52.9 Å². The van der Waals surface area contributed by atoms with E-state index >= 15 is 0 Å². The van der Waals surface area contributed by atoms with E-state index in [0.29, 0.717) is 30.1 Å². The van der Waals surface area contributed by atoms with Crippen LogP contribution in [-0.2, 0) is 14.8 Å². The summed E-state index contributed by atoms with van der Waals surface area (Å²) in [5.41, 5.74) is 1.71. The molecule has 0 aromatic heterocycles. The fourth-order valence-corrected chi connectivity index (χ4v) is 5.59. The van der Waals surface area contributed by atoms with Gasteiger partial charge in [0.1, 0.15) is 17.4 Å². The smallest absolute Gasteiger partial charge is 0.266 e.